The molecule has 1 atom stereocenters. The van der Waals surface area contributed by atoms with E-state index in [9.17, 15) is 9.18 Å². The normalized spacial score (nSPS) is 12.2. The molecule has 0 amide bonds. The van der Waals surface area contributed by atoms with Crippen molar-refractivity contribution in [1.82, 2.24) is 0 Å². The van der Waals surface area contributed by atoms with Crippen molar-refractivity contribution in [3.05, 3.63) is 30.1 Å². The molecule has 17 heavy (non-hydrogen) atoms. The molecule has 0 radical (unpaired) electrons. The van der Waals surface area contributed by atoms with Gasteiger partial charge in [0.05, 0.1) is 11.6 Å². The van der Waals surface area contributed by atoms with Crippen LogP contribution in [0.25, 0.3) is 0 Å². The molecule has 0 fully saturated rings. The maximum Gasteiger partial charge on any atom is 0.308 e. The van der Waals surface area contributed by atoms with E-state index in [1.807, 2.05) is 6.92 Å². The van der Waals surface area contributed by atoms with Crippen molar-refractivity contribution < 1.29 is 14.3 Å². The lowest BCUT2D eigenvalue weighted by Crippen LogP contribution is -2.33. The van der Waals surface area contributed by atoms with E-state index in [1.54, 1.807) is 30.0 Å². The summed E-state index contributed by atoms with van der Waals surface area (Å²) >= 11 is 0. The fourth-order valence-corrected chi connectivity index (χ4v) is 1.70. The van der Waals surface area contributed by atoms with Crippen molar-refractivity contribution in [3.8, 4) is 0 Å². The predicted octanol–water partition coefficient (Wildman–Crippen LogP) is 2.76. The van der Waals surface area contributed by atoms with E-state index in [2.05, 4.69) is 0 Å². The van der Waals surface area contributed by atoms with Crippen LogP contribution in [-0.2, 0) is 4.79 Å². The molecule has 1 rings (SSSR count). The Morgan fingerprint density at radius 3 is 2.65 bits per heavy atom. The number of rotatable bonds is 6. The van der Waals surface area contributed by atoms with E-state index in [0.717, 1.165) is 6.42 Å². The van der Waals surface area contributed by atoms with Gasteiger partial charge in [-0.05, 0) is 18.6 Å². The smallest absolute Gasteiger partial charge is 0.308 e. The fraction of sp³-hybridized carbons (Fsp3) is 0.462. The topological polar surface area (TPSA) is 40.5 Å². The van der Waals surface area contributed by atoms with Crippen LogP contribution in [0.4, 0.5) is 10.1 Å². The minimum atomic E-state index is -0.859. The molecule has 1 aromatic carbocycles. The van der Waals surface area contributed by atoms with Gasteiger partial charge in [-0.15, -0.1) is 0 Å². The van der Waals surface area contributed by atoms with Crippen molar-refractivity contribution >= 4 is 11.7 Å². The summed E-state index contributed by atoms with van der Waals surface area (Å²) < 4.78 is 13.6. The van der Waals surface area contributed by atoms with Crippen LogP contribution in [0.2, 0.25) is 0 Å². The maximum atomic E-state index is 13.6. The van der Waals surface area contributed by atoms with Gasteiger partial charge in [-0.25, -0.2) is 4.39 Å². The molecule has 0 aliphatic heterocycles. The van der Waals surface area contributed by atoms with Gasteiger partial charge in [-0.3, -0.25) is 4.79 Å². The third kappa shape index (κ3) is 3.73. The van der Waals surface area contributed by atoms with Crippen LogP contribution in [0.3, 0.4) is 0 Å². The Morgan fingerprint density at radius 1 is 1.47 bits per heavy atom. The first-order valence-electron chi connectivity index (χ1n) is 5.78. The van der Waals surface area contributed by atoms with Gasteiger partial charge in [0.1, 0.15) is 5.82 Å². The zero-order valence-electron chi connectivity index (χ0n) is 10.2. The molecule has 1 N–H and O–H groups in total. The number of benzene rings is 1. The SMILES string of the molecule is CCCN(CC(C)C(=O)O)c1ccccc1F. The molecular weight excluding hydrogens is 221 g/mol. The third-order valence-corrected chi connectivity index (χ3v) is 2.60. The first-order chi connectivity index (χ1) is 8.06. The summed E-state index contributed by atoms with van der Waals surface area (Å²) in [4.78, 5) is 12.6. The lowest BCUT2D eigenvalue weighted by molar-refractivity contribution is -0.140. The van der Waals surface area contributed by atoms with Gasteiger partial charge in [0, 0.05) is 13.1 Å². The highest BCUT2D eigenvalue weighted by Gasteiger charge is 2.17. The summed E-state index contributed by atoms with van der Waals surface area (Å²) in [6.07, 6.45) is 0.848. The van der Waals surface area contributed by atoms with E-state index in [1.165, 1.54) is 6.07 Å². The number of halogens is 1. The van der Waals surface area contributed by atoms with Crippen LogP contribution in [-0.4, -0.2) is 24.2 Å². The van der Waals surface area contributed by atoms with Crippen LogP contribution in [0, 0.1) is 11.7 Å². The Morgan fingerprint density at radius 2 is 2.12 bits per heavy atom. The molecule has 3 nitrogen and oxygen atoms in total. The Labute approximate surface area is 101 Å². The number of aliphatic carboxylic acids is 1. The summed E-state index contributed by atoms with van der Waals surface area (Å²) in [6, 6.07) is 6.46. The first kappa shape index (κ1) is 13.5. The molecule has 0 heterocycles. The summed E-state index contributed by atoms with van der Waals surface area (Å²) in [6.45, 7) is 4.59. The Bertz CT molecular complexity index is 381. The van der Waals surface area contributed by atoms with Gasteiger partial charge in [0.2, 0.25) is 0 Å². The monoisotopic (exact) mass is 239 g/mol. The van der Waals surface area contributed by atoms with Crippen molar-refractivity contribution in [2.75, 3.05) is 18.0 Å². The van der Waals surface area contributed by atoms with Gasteiger partial charge in [-0.1, -0.05) is 26.0 Å². The lowest BCUT2D eigenvalue weighted by Gasteiger charge is -2.26. The zero-order chi connectivity index (χ0) is 12.8. The largest absolute Gasteiger partial charge is 0.481 e. The van der Waals surface area contributed by atoms with Crippen molar-refractivity contribution in [1.29, 1.82) is 0 Å². The van der Waals surface area contributed by atoms with Gasteiger partial charge < -0.3 is 10.0 Å². The molecule has 0 bridgehead atoms. The van der Waals surface area contributed by atoms with Crippen LogP contribution in [0.5, 0.6) is 0 Å². The fourth-order valence-electron chi connectivity index (χ4n) is 1.70. The number of hydrogen-bond donors (Lipinski definition) is 1. The first-order valence-corrected chi connectivity index (χ1v) is 5.78. The highest BCUT2D eigenvalue weighted by molar-refractivity contribution is 5.70. The highest BCUT2D eigenvalue weighted by atomic mass is 19.1. The van der Waals surface area contributed by atoms with E-state index in [0.29, 0.717) is 18.8 Å². The molecule has 0 saturated carbocycles. The molecule has 0 aromatic heterocycles. The molecule has 94 valence electrons. The molecular formula is C13H18FNO2. The second kappa shape index (κ2) is 6.23. The minimum absolute atomic E-state index is 0.307. The Balaban J connectivity index is 2.86. The minimum Gasteiger partial charge on any atom is -0.481 e. The van der Waals surface area contributed by atoms with E-state index >= 15 is 0 Å². The van der Waals surface area contributed by atoms with Crippen molar-refractivity contribution in [2.45, 2.75) is 20.3 Å². The van der Waals surface area contributed by atoms with Gasteiger partial charge >= 0.3 is 5.97 Å². The van der Waals surface area contributed by atoms with E-state index < -0.39 is 11.9 Å². The second-order valence-electron chi connectivity index (χ2n) is 4.14. The van der Waals surface area contributed by atoms with Crippen LogP contribution < -0.4 is 4.90 Å². The number of carboxylic acids is 1. The molecule has 0 aliphatic rings. The lowest BCUT2D eigenvalue weighted by atomic mass is 10.1. The second-order valence-corrected chi connectivity index (χ2v) is 4.14. The van der Waals surface area contributed by atoms with Gasteiger partial charge in [0.15, 0.2) is 0 Å². The van der Waals surface area contributed by atoms with Crippen molar-refractivity contribution in [2.24, 2.45) is 5.92 Å². The summed E-state index contributed by atoms with van der Waals surface area (Å²) in [7, 11) is 0. The highest BCUT2D eigenvalue weighted by Crippen LogP contribution is 2.20. The maximum absolute atomic E-state index is 13.6. The average Bonchev–Trinajstić information content (AvgIpc) is 2.29. The number of carboxylic acid groups (broad SMARTS) is 1. The Kier molecular flexibility index (Phi) is 4.94. The predicted molar refractivity (Wildman–Crippen MR) is 65.7 cm³/mol. The molecule has 0 spiro atoms. The molecule has 0 aliphatic carbocycles. The van der Waals surface area contributed by atoms with Crippen LogP contribution in [0.15, 0.2) is 24.3 Å². The number of hydrogen-bond acceptors (Lipinski definition) is 2. The Hall–Kier alpha value is -1.58. The quantitative estimate of drug-likeness (QED) is 0.829. The van der Waals surface area contributed by atoms with Crippen molar-refractivity contribution in [3.63, 3.8) is 0 Å². The number of anilines is 1. The average molecular weight is 239 g/mol. The number of carbonyl (C=O) groups is 1. The molecule has 1 aromatic rings. The standard InChI is InChI=1S/C13H18FNO2/c1-3-8-15(9-10(2)13(16)17)12-7-5-4-6-11(12)14/h4-7,10H,3,8-9H2,1-2H3,(H,16,17). The summed E-state index contributed by atoms with van der Waals surface area (Å²) in [5, 5.41) is 8.89. The van der Waals surface area contributed by atoms with Gasteiger partial charge in [0.25, 0.3) is 0 Å². The number of nitrogens with zero attached hydrogens (tertiary/aromatic N) is 1. The van der Waals surface area contributed by atoms with E-state index in [4.69, 9.17) is 5.11 Å². The van der Waals surface area contributed by atoms with E-state index in [-0.39, 0.29) is 5.82 Å². The third-order valence-electron chi connectivity index (χ3n) is 2.60. The van der Waals surface area contributed by atoms with Crippen LogP contribution >= 0.6 is 0 Å². The molecule has 0 saturated heterocycles. The zero-order valence-corrected chi connectivity index (χ0v) is 10.2. The van der Waals surface area contributed by atoms with Gasteiger partial charge in [-0.2, -0.15) is 0 Å². The van der Waals surface area contributed by atoms with Crippen LogP contribution in [0.1, 0.15) is 20.3 Å². The number of para-hydroxylation sites is 1. The summed E-state index contributed by atoms with van der Waals surface area (Å²) in [5.74, 6) is -1.68. The summed E-state index contributed by atoms with van der Waals surface area (Å²) in [5.41, 5.74) is 0.474. The molecule has 4 heteroatoms. The molecule has 1 unspecified atom stereocenters.